The summed E-state index contributed by atoms with van der Waals surface area (Å²) in [5, 5.41) is 0.294. The molecule has 3 aromatic heterocycles. The molecule has 2 aliphatic rings. The second kappa shape index (κ2) is 10.4. The number of pyridine rings is 1. The largest absolute Gasteiger partial charge is 0.383 e. The average Bonchev–Trinajstić information content (AvgIpc) is 3.43. The van der Waals surface area contributed by atoms with Gasteiger partial charge in [-0.3, -0.25) is 9.69 Å². The highest BCUT2D eigenvalue weighted by Crippen LogP contribution is 2.28. The topological polar surface area (TPSA) is 120 Å². The zero-order chi connectivity index (χ0) is 25.2. The molecule has 2 aliphatic heterocycles. The lowest BCUT2D eigenvalue weighted by molar-refractivity contribution is 0.0491. The molecule has 3 N–H and O–H groups in total. The van der Waals surface area contributed by atoms with Gasteiger partial charge in [-0.25, -0.2) is 19.9 Å². The Kier molecular flexibility index (Phi) is 7.06. The minimum atomic E-state index is -0.0703. The first-order valence-electron chi connectivity index (χ1n) is 12.5. The smallest absolute Gasteiger partial charge is 0.257 e. The van der Waals surface area contributed by atoms with Crippen LogP contribution in [0, 0.1) is 6.92 Å². The molecule has 36 heavy (non-hydrogen) atoms. The molecule has 190 valence electrons. The van der Waals surface area contributed by atoms with Crippen molar-refractivity contribution in [2.24, 2.45) is 0 Å². The fraction of sp³-hybridized carbons (Fsp3) is 0.480. The number of nitrogens with one attached hydrogen (secondary N) is 1. The van der Waals surface area contributed by atoms with Crippen molar-refractivity contribution in [3.8, 4) is 11.5 Å². The molecular weight excluding hydrogens is 478 g/mol. The number of aromatic amines is 1. The Morgan fingerprint density at radius 1 is 1.17 bits per heavy atom. The van der Waals surface area contributed by atoms with Crippen molar-refractivity contribution in [1.82, 2.24) is 34.7 Å². The van der Waals surface area contributed by atoms with Crippen LogP contribution in [-0.4, -0.2) is 85.4 Å². The summed E-state index contributed by atoms with van der Waals surface area (Å²) in [5.74, 6) is 1.79. The molecule has 5 rings (SSSR count). The summed E-state index contributed by atoms with van der Waals surface area (Å²) in [5.41, 5.74) is 8.03. The Hall–Kier alpha value is -3.24. The zero-order valence-electron chi connectivity index (χ0n) is 20.7. The molecule has 10 nitrogen and oxygen atoms in total. The maximum Gasteiger partial charge on any atom is 0.257 e. The van der Waals surface area contributed by atoms with Crippen LogP contribution in [0.3, 0.4) is 0 Å². The van der Waals surface area contributed by atoms with Crippen molar-refractivity contribution in [3.05, 3.63) is 47.1 Å². The molecule has 5 heterocycles. The number of piperidine rings is 1. The monoisotopic (exact) mass is 509 g/mol. The van der Waals surface area contributed by atoms with Crippen LogP contribution in [0.2, 0.25) is 5.15 Å². The van der Waals surface area contributed by atoms with Gasteiger partial charge in [0.05, 0.1) is 17.5 Å². The molecule has 0 unspecified atom stereocenters. The highest BCUT2D eigenvalue weighted by molar-refractivity contribution is 6.29. The van der Waals surface area contributed by atoms with E-state index in [0.717, 1.165) is 61.9 Å². The number of hydrogen-bond acceptors (Lipinski definition) is 8. The Morgan fingerprint density at radius 2 is 1.97 bits per heavy atom. The van der Waals surface area contributed by atoms with Crippen LogP contribution >= 0.6 is 11.6 Å². The van der Waals surface area contributed by atoms with E-state index in [2.05, 4.69) is 31.7 Å². The molecule has 2 fully saturated rings. The van der Waals surface area contributed by atoms with Crippen LogP contribution in [0.5, 0.6) is 0 Å². The number of anilines is 2. The van der Waals surface area contributed by atoms with Gasteiger partial charge in [0.25, 0.3) is 5.91 Å². The number of H-pyrrole nitrogens is 1. The number of halogens is 1. The number of carbonyl (C=O) groups excluding carboxylic acids is 1. The van der Waals surface area contributed by atoms with E-state index in [1.807, 2.05) is 11.8 Å². The highest BCUT2D eigenvalue weighted by atomic mass is 35.5. The number of likely N-dealkylation sites (tertiary alicyclic amines) is 1. The Balaban J connectivity index is 1.21. The second-order valence-corrected chi connectivity index (χ2v) is 9.83. The highest BCUT2D eigenvalue weighted by Gasteiger charge is 2.35. The number of nitrogens with two attached hydrogens (primary N) is 1. The zero-order valence-corrected chi connectivity index (χ0v) is 21.4. The molecule has 1 amide bonds. The summed E-state index contributed by atoms with van der Waals surface area (Å²) in [6, 6.07) is 4.15. The number of aryl methyl sites for hydroxylation is 1. The van der Waals surface area contributed by atoms with Crippen LogP contribution in [0.1, 0.15) is 42.2 Å². The van der Waals surface area contributed by atoms with Gasteiger partial charge in [-0.05, 0) is 38.3 Å². The molecule has 2 saturated heterocycles. The van der Waals surface area contributed by atoms with Crippen molar-refractivity contribution in [1.29, 1.82) is 0 Å². The number of rotatable bonds is 5. The predicted molar refractivity (Wildman–Crippen MR) is 140 cm³/mol. The normalized spacial score (nSPS) is 19.6. The van der Waals surface area contributed by atoms with Crippen molar-refractivity contribution in [3.63, 3.8) is 0 Å². The van der Waals surface area contributed by atoms with E-state index in [4.69, 9.17) is 27.3 Å². The number of nitrogen functional groups attached to an aromatic ring is 1. The lowest BCUT2D eigenvalue weighted by Gasteiger charge is -2.47. The molecule has 0 aromatic carbocycles. The van der Waals surface area contributed by atoms with E-state index < -0.39 is 0 Å². The van der Waals surface area contributed by atoms with E-state index in [1.165, 1.54) is 0 Å². The van der Waals surface area contributed by atoms with E-state index in [9.17, 15) is 4.79 Å². The van der Waals surface area contributed by atoms with Gasteiger partial charge in [0.2, 0.25) is 0 Å². The van der Waals surface area contributed by atoms with Crippen molar-refractivity contribution in [2.75, 3.05) is 43.4 Å². The maximum atomic E-state index is 13.0. The fourth-order valence-corrected chi connectivity index (χ4v) is 5.57. The second-order valence-electron chi connectivity index (χ2n) is 9.44. The number of aromatic nitrogens is 5. The van der Waals surface area contributed by atoms with Gasteiger partial charge in [0.15, 0.2) is 5.82 Å². The third-order valence-corrected chi connectivity index (χ3v) is 7.51. The lowest BCUT2D eigenvalue weighted by atomic mass is 9.97. The quantitative estimate of drug-likeness (QED) is 0.503. The molecule has 0 aliphatic carbocycles. The number of imidazole rings is 1. The first kappa shape index (κ1) is 24.5. The number of nitrogens with zero attached hydrogens (tertiary/aromatic N) is 7. The van der Waals surface area contributed by atoms with Crippen LogP contribution in [0.15, 0.2) is 30.7 Å². The van der Waals surface area contributed by atoms with Crippen LogP contribution < -0.4 is 10.6 Å². The third kappa shape index (κ3) is 4.87. The SMILES string of the molecule is CC[C@H]1CN(c2ncc(-c3ncc[nH]3)nc2C)CCN1C1CCN(C(=O)c2ccc(Cl)nc2N)CC1. The van der Waals surface area contributed by atoms with Gasteiger partial charge >= 0.3 is 0 Å². The van der Waals surface area contributed by atoms with Crippen molar-refractivity contribution >= 4 is 29.1 Å². The van der Waals surface area contributed by atoms with E-state index in [1.54, 1.807) is 30.7 Å². The Labute approximate surface area is 215 Å². The van der Waals surface area contributed by atoms with Gasteiger partial charge in [0.1, 0.15) is 22.5 Å². The Bertz CT molecular complexity index is 1210. The van der Waals surface area contributed by atoms with Gasteiger partial charge in [-0.2, -0.15) is 0 Å². The van der Waals surface area contributed by atoms with E-state index in [0.29, 0.717) is 35.9 Å². The number of piperazine rings is 1. The third-order valence-electron chi connectivity index (χ3n) is 7.30. The number of carbonyl (C=O) groups is 1. The average molecular weight is 510 g/mol. The van der Waals surface area contributed by atoms with Crippen molar-refractivity contribution in [2.45, 2.75) is 45.2 Å². The fourth-order valence-electron chi connectivity index (χ4n) is 5.41. The van der Waals surface area contributed by atoms with E-state index >= 15 is 0 Å². The Morgan fingerprint density at radius 3 is 2.64 bits per heavy atom. The summed E-state index contributed by atoms with van der Waals surface area (Å²) in [6.07, 6.45) is 8.25. The molecule has 1 atom stereocenters. The summed E-state index contributed by atoms with van der Waals surface area (Å²) >= 11 is 5.89. The van der Waals surface area contributed by atoms with Crippen LogP contribution in [-0.2, 0) is 0 Å². The molecule has 11 heteroatoms. The first-order chi connectivity index (χ1) is 17.4. The summed E-state index contributed by atoms with van der Waals surface area (Å²) in [4.78, 5) is 40.8. The molecule has 0 spiro atoms. The first-order valence-corrected chi connectivity index (χ1v) is 12.9. The molecule has 0 bridgehead atoms. The molecule has 3 aromatic rings. The molecular formula is C25H32ClN9O. The van der Waals surface area contributed by atoms with Crippen molar-refractivity contribution < 1.29 is 4.79 Å². The maximum absolute atomic E-state index is 13.0. The van der Waals surface area contributed by atoms with Gasteiger partial charge < -0.3 is 20.5 Å². The summed E-state index contributed by atoms with van der Waals surface area (Å²) in [7, 11) is 0. The number of amides is 1. The number of hydrogen-bond donors (Lipinski definition) is 2. The summed E-state index contributed by atoms with van der Waals surface area (Å²) in [6.45, 7) is 8.46. The molecule has 0 saturated carbocycles. The lowest BCUT2D eigenvalue weighted by Crippen LogP contribution is -2.59. The van der Waals surface area contributed by atoms with Crippen LogP contribution in [0.4, 0.5) is 11.6 Å². The van der Waals surface area contributed by atoms with Gasteiger partial charge in [-0.1, -0.05) is 18.5 Å². The van der Waals surface area contributed by atoms with E-state index in [-0.39, 0.29) is 11.7 Å². The van der Waals surface area contributed by atoms with Gasteiger partial charge in [0, 0.05) is 57.2 Å². The minimum Gasteiger partial charge on any atom is -0.383 e. The molecule has 0 radical (unpaired) electrons. The van der Waals surface area contributed by atoms with Crippen LogP contribution in [0.25, 0.3) is 11.5 Å². The van der Waals surface area contributed by atoms with Gasteiger partial charge in [-0.15, -0.1) is 0 Å². The minimum absolute atomic E-state index is 0.0703. The standard InChI is InChI=1S/C25H32ClN9O/c1-3-17-15-34(24-16(2)31-20(14-30-24)23-28-8-9-29-23)12-13-35(17)18-6-10-33(11-7-18)25(36)19-4-5-21(26)32-22(19)27/h4-5,8-9,14,17-18H,3,6-7,10-13,15H2,1-2H3,(H2,27,32)(H,28,29)/t17-/m0/s1. The summed E-state index contributed by atoms with van der Waals surface area (Å²) < 4.78 is 0. The predicted octanol–water partition coefficient (Wildman–Crippen LogP) is 3.01.